The van der Waals surface area contributed by atoms with Crippen LogP contribution in [0.1, 0.15) is 0 Å². The lowest BCUT2D eigenvalue weighted by atomic mass is 10.1. The lowest BCUT2D eigenvalue weighted by molar-refractivity contribution is 0.432. The van der Waals surface area contributed by atoms with Crippen molar-refractivity contribution in [2.75, 3.05) is 0 Å². The van der Waals surface area contributed by atoms with Gasteiger partial charge in [-0.05, 0) is 35.0 Å². The van der Waals surface area contributed by atoms with Crippen molar-refractivity contribution in [3.8, 4) is 22.8 Å². The smallest absolute Gasteiger partial charge is 0.258 e. The highest BCUT2D eigenvalue weighted by atomic mass is 79.9. The highest BCUT2D eigenvalue weighted by Crippen LogP contribution is 2.26. The molecule has 0 saturated heterocycles. The third kappa shape index (κ3) is 2.42. The van der Waals surface area contributed by atoms with Crippen molar-refractivity contribution >= 4 is 26.7 Å². The fraction of sp³-hybridized carbons (Fsp3) is 0. The molecule has 0 radical (unpaired) electrons. The molecule has 106 valence electrons. The van der Waals surface area contributed by atoms with E-state index in [0.717, 1.165) is 21.0 Å². The lowest BCUT2D eigenvalue weighted by Crippen LogP contribution is -1.82. The van der Waals surface area contributed by atoms with Crippen LogP contribution in [0.25, 0.3) is 33.6 Å². The van der Waals surface area contributed by atoms with Gasteiger partial charge in [0.15, 0.2) is 0 Å². The third-order valence-corrected chi connectivity index (χ3v) is 4.00. The minimum absolute atomic E-state index is 0.528. The van der Waals surface area contributed by atoms with E-state index in [0.29, 0.717) is 11.7 Å². The number of hydrogen-bond acceptors (Lipinski definition) is 3. The monoisotopic (exact) mass is 350 g/mol. The molecule has 0 bridgehead atoms. The van der Waals surface area contributed by atoms with Gasteiger partial charge in [0.1, 0.15) is 0 Å². The first-order valence-corrected chi connectivity index (χ1v) is 7.68. The van der Waals surface area contributed by atoms with Gasteiger partial charge in [0.2, 0.25) is 5.82 Å². The molecular formula is C18H11BrN2O. The summed E-state index contributed by atoms with van der Waals surface area (Å²) in [5.41, 5.74) is 1.85. The molecule has 3 aromatic carbocycles. The summed E-state index contributed by atoms with van der Waals surface area (Å²) in [6.07, 6.45) is 0. The van der Waals surface area contributed by atoms with E-state index >= 15 is 0 Å². The number of halogens is 1. The Balaban J connectivity index is 1.76. The normalized spacial score (nSPS) is 11.0. The topological polar surface area (TPSA) is 38.9 Å². The molecular weight excluding hydrogens is 340 g/mol. The lowest BCUT2D eigenvalue weighted by Gasteiger charge is -1.99. The van der Waals surface area contributed by atoms with Gasteiger partial charge in [0.05, 0.1) is 0 Å². The van der Waals surface area contributed by atoms with E-state index in [1.54, 1.807) is 0 Å². The van der Waals surface area contributed by atoms with Crippen molar-refractivity contribution < 1.29 is 4.52 Å². The molecule has 4 rings (SSSR count). The number of hydrogen-bond donors (Lipinski definition) is 0. The zero-order chi connectivity index (χ0) is 14.9. The second-order valence-electron chi connectivity index (χ2n) is 5.00. The summed E-state index contributed by atoms with van der Waals surface area (Å²) >= 11 is 3.45. The molecule has 0 saturated carbocycles. The van der Waals surface area contributed by atoms with Crippen molar-refractivity contribution in [1.82, 2.24) is 10.1 Å². The Bertz CT molecular complexity index is 962. The molecule has 0 aliphatic carbocycles. The molecule has 0 spiro atoms. The Morgan fingerprint density at radius 3 is 2.50 bits per heavy atom. The number of nitrogens with zero attached hydrogens (tertiary/aromatic N) is 2. The average molecular weight is 351 g/mol. The summed E-state index contributed by atoms with van der Waals surface area (Å²) in [4.78, 5) is 4.50. The first-order chi connectivity index (χ1) is 10.8. The molecule has 0 amide bonds. The van der Waals surface area contributed by atoms with Crippen LogP contribution in [0, 0.1) is 0 Å². The fourth-order valence-corrected chi connectivity index (χ4v) is 2.81. The highest BCUT2D eigenvalue weighted by Gasteiger charge is 2.11. The zero-order valence-corrected chi connectivity index (χ0v) is 13.1. The van der Waals surface area contributed by atoms with Gasteiger partial charge in [-0.1, -0.05) is 63.6 Å². The second-order valence-corrected chi connectivity index (χ2v) is 5.91. The average Bonchev–Trinajstić information content (AvgIpc) is 3.04. The third-order valence-electron chi connectivity index (χ3n) is 3.51. The molecule has 4 heteroatoms. The molecule has 1 heterocycles. The Morgan fingerprint density at radius 2 is 1.64 bits per heavy atom. The maximum atomic E-state index is 5.42. The SMILES string of the molecule is Brc1cccc(-c2noc(-c3ccc4ccccc4c3)n2)c1. The van der Waals surface area contributed by atoms with Gasteiger partial charge in [0, 0.05) is 15.6 Å². The summed E-state index contributed by atoms with van der Waals surface area (Å²) in [7, 11) is 0. The van der Waals surface area contributed by atoms with Gasteiger partial charge in [0.25, 0.3) is 5.89 Å². The molecule has 0 N–H and O–H groups in total. The maximum absolute atomic E-state index is 5.42. The number of rotatable bonds is 2. The van der Waals surface area contributed by atoms with Crippen LogP contribution >= 0.6 is 15.9 Å². The summed E-state index contributed by atoms with van der Waals surface area (Å²) in [5, 5.41) is 6.42. The Labute approximate surface area is 135 Å². The van der Waals surface area contributed by atoms with E-state index < -0.39 is 0 Å². The Hall–Kier alpha value is -2.46. The van der Waals surface area contributed by atoms with Crippen molar-refractivity contribution in [3.05, 3.63) is 71.2 Å². The zero-order valence-electron chi connectivity index (χ0n) is 11.5. The summed E-state index contributed by atoms with van der Waals surface area (Å²) < 4.78 is 6.41. The van der Waals surface area contributed by atoms with Crippen LogP contribution < -0.4 is 0 Å². The van der Waals surface area contributed by atoms with E-state index in [2.05, 4.69) is 50.3 Å². The minimum Gasteiger partial charge on any atom is -0.334 e. The largest absolute Gasteiger partial charge is 0.334 e. The van der Waals surface area contributed by atoms with E-state index in [1.807, 2.05) is 42.5 Å². The number of aromatic nitrogens is 2. The van der Waals surface area contributed by atoms with Crippen LogP contribution in [0.2, 0.25) is 0 Å². The van der Waals surface area contributed by atoms with Crippen molar-refractivity contribution in [1.29, 1.82) is 0 Å². The molecule has 22 heavy (non-hydrogen) atoms. The van der Waals surface area contributed by atoms with Crippen LogP contribution in [0.4, 0.5) is 0 Å². The Kier molecular flexibility index (Phi) is 3.24. The van der Waals surface area contributed by atoms with Gasteiger partial charge < -0.3 is 4.52 Å². The summed E-state index contributed by atoms with van der Waals surface area (Å²) in [6, 6.07) is 22.2. The first kappa shape index (κ1) is 13.2. The first-order valence-electron chi connectivity index (χ1n) is 6.88. The fourth-order valence-electron chi connectivity index (χ4n) is 2.41. The van der Waals surface area contributed by atoms with Crippen LogP contribution in [-0.2, 0) is 0 Å². The van der Waals surface area contributed by atoms with Crippen LogP contribution in [0.15, 0.2) is 75.7 Å². The van der Waals surface area contributed by atoms with Crippen LogP contribution in [-0.4, -0.2) is 10.1 Å². The van der Waals surface area contributed by atoms with Crippen LogP contribution in [0.3, 0.4) is 0 Å². The van der Waals surface area contributed by atoms with E-state index in [-0.39, 0.29) is 0 Å². The number of benzene rings is 3. The van der Waals surface area contributed by atoms with Crippen molar-refractivity contribution in [2.24, 2.45) is 0 Å². The van der Waals surface area contributed by atoms with Crippen molar-refractivity contribution in [2.45, 2.75) is 0 Å². The van der Waals surface area contributed by atoms with Gasteiger partial charge in [-0.3, -0.25) is 0 Å². The standard InChI is InChI=1S/C18H11BrN2O/c19-16-7-3-6-14(11-16)17-20-18(22-21-17)15-9-8-12-4-1-2-5-13(12)10-15/h1-11H. The predicted molar refractivity (Wildman–Crippen MR) is 90.4 cm³/mol. The van der Waals surface area contributed by atoms with Crippen LogP contribution in [0.5, 0.6) is 0 Å². The molecule has 0 atom stereocenters. The van der Waals surface area contributed by atoms with E-state index in [9.17, 15) is 0 Å². The minimum atomic E-state index is 0.528. The maximum Gasteiger partial charge on any atom is 0.258 e. The van der Waals surface area contributed by atoms with Gasteiger partial charge in [-0.25, -0.2) is 0 Å². The molecule has 0 aliphatic rings. The van der Waals surface area contributed by atoms with Gasteiger partial charge in [-0.2, -0.15) is 4.98 Å². The van der Waals surface area contributed by atoms with Crippen molar-refractivity contribution in [3.63, 3.8) is 0 Å². The van der Waals surface area contributed by atoms with Gasteiger partial charge >= 0.3 is 0 Å². The van der Waals surface area contributed by atoms with E-state index in [4.69, 9.17) is 4.52 Å². The second kappa shape index (κ2) is 5.39. The molecule has 0 aliphatic heterocycles. The molecule has 3 nitrogen and oxygen atoms in total. The Morgan fingerprint density at radius 1 is 0.773 bits per heavy atom. The summed E-state index contributed by atoms with van der Waals surface area (Å²) in [5.74, 6) is 1.12. The molecule has 1 aromatic heterocycles. The predicted octanol–water partition coefficient (Wildman–Crippen LogP) is 5.32. The molecule has 0 fully saturated rings. The number of fused-ring (bicyclic) bond motifs is 1. The van der Waals surface area contributed by atoms with Gasteiger partial charge in [-0.15, -0.1) is 0 Å². The summed E-state index contributed by atoms with van der Waals surface area (Å²) in [6.45, 7) is 0. The molecule has 0 unspecified atom stereocenters. The highest BCUT2D eigenvalue weighted by molar-refractivity contribution is 9.10. The quantitative estimate of drug-likeness (QED) is 0.491. The molecule has 4 aromatic rings. The van der Waals surface area contributed by atoms with E-state index in [1.165, 1.54) is 5.39 Å².